The first kappa shape index (κ1) is 14.8. The first-order valence-corrected chi connectivity index (χ1v) is 7.23. The first-order valence-electron chi connectivity index (χ1n) is 7.23. The number of hydrogen-bond donors (Lipinski definition) is 1. The summed E-state index contributed by atoms with van der Waals surface area (Å²) in [4.78, 5) is 16.2. The normalized spacial score (nSPS) is 18.9. The lowest BCUT2D eigenvalue weighted by Gasteiger charge is -2.20. The third kappa shape index (κ3) is 3.12. The van der Waals surface area contributed by atoms with Gasteiger partial charge in [-0.2, -0.15) is 5.10 Å². The molecule has 1 saturated heterocycles. The summed E-state index contributed by atoms with van der Waals surface area (Å²) in [6.07, 6.45) is 2.89. The Labute approximate surface area is 120 Å². The fourth-order valence-electron chi connectivity index (χ4n) is 2.61. The highest BCUT2D eigenvalue weighted by Gasteiger charge is 2.27. The molecule has 1 fully saturated rings. The highest BCUT2D eigenvalue weighted by atomic mass is 16.2. The minimum Gasteiger partial charge on any atom is -0.334 e. The molecule has 1 aromatic heterocycles. The van der Waals surface area contributed by atoms with E-state index in [1.807, 2.05) is 22.7 Å². The van der Waals surface area contributed by atoms with E-state index in [1.54, 1.807) is 0 Å². The maximum Gasteiger partial charge on any atom is 0.317 e. The van der Waals surface area contributed by atoms with Crippen molar-refractivity contribution in [3.05, 3.63) is 17.5 Å². The Morgan fingerprint density at radius 3 is 2.85 bits per heavy atom. The average molecular weight is 279 g/mol. The van der Waals surface area contributed by atoms with Crippen molar-refractivity contribution in [1.29, 1.82) is 0 Å². The lowest BCUT2D eigenvalue weighted by atomic mass is 10.2. The standard InChI is InChI=1S/C14H25N5O/c1-5-19-11(2)12(9-16-19)8-15-14(20)18-7-6-13(10-18)17(3)4/h9,13H,5-8,10H2,1-4H3,(H,15,20)/t13-/m0/s1. The molecule has 2 amide bonds. The molecule has 2 rings (SSSR count). The quantitative estimate of drug-likeness (QED) is 0.896. The number of rotatable bonds is 4. The van der Waals surface area contributed by atoms with Crippen LogP contribution in [0.15, 0.2) is 6.20 Å². The van der Waals surface area contributed by atoms with Crippen LogP contribution in [0.2, 0.25) is 0 Å². The molecule has 0 aromatic carbocycles. The number of hydrogen-bond acceptors (Lipinski definition) is 3. The van der Waals surface area contributed by atoms with Gasteiger partial charge in [0.25, 0.3) is 0 Å². The second kappa shape index (κ2) is 6.26. The van der Waals surface area contributed by atoms with Crippen LogP contribution in [0, 0.1) is 6.92 Å². The van der Waals surface area contributed by atoms with Crippen molar-refractivity contribution < 1.29 is 4.79 Å². The van der Waals surface area contributed by atoms with E-state index in [2.05, 4.69) is 36.3 Å². The van der Waals surface area contributed by atoms with Gasteiger partial charge in [-0.3, -0.25) is 4.68 Å². The Balaban J connectivity index is 1.85. The number of nitrogens with one attached hydrogen (secondary N) is 1. The predicted molar refractivity (Wildman–Crippen MR) is 78.5 cm³/mol. The molecule has 1 aliphatic rings. The zero-order chi connectivity index (χ0) is 14.7. The summed E-state index contributed by atoms with van der Waals surface area (Å²) in [7, 11) is 4.13. The van der Waals surface area contributed by atoms with E-state index in [-0.39, 0.29) is 6.03 Å². The number of carbonyl (C=O) groups excluding carboxylic acids is 1. The minimum absolute atomic E-state index is 0.0259. The van der Waals surface area contributed by atoms with E-state index >= 15 is 0 Å². The smallest absolute Gasteiger partial charge is 0.317 e. The Morgan fingerprint density at radius 1 is 1.55 bits per heavy atom. The summed E-state index contributed by atoms with van der Waals surface area (Å²) in [5, 5.41) is 7.28. The molecule has 0 aliphatic carbocycles. The number of amides is 2. The molecule has 0 bridgehead atoms. The number of likely N-dealkylation sites (tertiary alicyclic amines) is 1. The molecule has 1 aromatic rings. The van der Waals surface area contributed by atoms with Crippen LogP contribution in [0.1, 0.15) is 24.6 Å². The second-order valence-electron chi connectivity index (χ2n) is 5.58. The Morgan fingerprint density at radius 2 is 2.30 bits per heavy atom. The molecule has 0 spiro atoms. The van der Waals surface area contributed by atoms with Gasteiger partial charge < -0.3 is 15.1 Å². The zero-order valence-electron chi connectivity index (χ0n) is 12.9. The van der Waals surface area contributed by atoms with Gasteiger partial charge in [-0.25, -0.2) is 4.79 Å². The number of urea groups is 1. The van der Waals surface area contributed by atoms with Crippen LogP contribution < -0.4 is 5.32 Å². The van der Waals surface area contributed by atoms with E-state index in [0.717, 1.165) is 37.3 Å². The highest BCUT2D eigenvalue weighted by Crippen LogP contribution is 2.13. The van der Waals surface area contributed by atoms with Crippen LogP contribution in [0.25, 0.3) is 0 Å². The molecule has 112 valence electrons. The minimum atomic E-state index is 0.0259. The summed E-state index contributed by atoms with van der Waals surface area (Å²) in [5.41, 5.74) is 2.21. The second-order valence-corrected chi connectivity index (χ2v) is 5.58. The molecule has 0 radical (unpaired) electrons. The van der Waals surface area contributed by atoms with E-state index in [1.165, 1.54) is 0 Å². The van der Waals surface area contributed by atoms with Gasteiger partial charge in [0, 0.05) is 43.5 Å². The zero-order valence-corrected chi connectivity index (χ0v) is 12.9. The fourth-order valence-corrected chi connectivity index (χ4v) is 2.61. The van der Waals surface area contributed by atoms with Crippen LogP contribution in [0.4, 0.5) is 4.79 Å². The van der Waals surface area contributed by atoms with Crippen molar-refractivity contribution in [2.45, 2.75) is 39.4 Å². The third-order valence-electron chi connectivity index (χ3n) is 4.12. The van der Waals surface area contributed by atoms with Crippen molar-refractivity contribution in [2.24, 2.45) is 0 Å². The predicted octanol–water partition coefficient (Wildman–Crippen LogP) is 1.06. The van der Waals surface area contributed by atoms with E-state index in [9.17, 15) is 4.79 Å². The monoisotopic (exact) mass is 279 g/mol. The molecule has 1 N–H and O–H groups in total. The van der Waals surface area contributed by atoms with Crippen molar-refractivity contribution >= 4 is 6.03 Å². The Kier molecular flexibility index (Phi) is 4.65. The maximum absolute atomic E-state index is 12.1. The summed E-state index contributed by atoms with van der Waals surface area (Å²) in [6.45, 7) is 7.15. The number of aromatic nitrogens is 2. The lowest BCUT2D eigenvalue weighted by molar-refractivity contribution is 0.203. The van der Waals surface area contributed by atoms with Gasteiger partial charge in [0.15, 0.2) is 0 Å². The third-order valence-corrected chi connectivity index (χ3v) is 4.12. The molecule has 6 heteroatoms. The van der Waals surface area contributed by atoms with Crippen LogP contribution >= 0.6 is 0 Å². The molecule has 1 atom stereocenters. The van der Waals surface area contributed by atoms with Gasteiger partial charge >= 0.3 is 6.03 Å². The van der Waals surface area contributed by atoms with Crippen LogP contribution in [-0.2, 0) is 13.1 Å². The first-order chi connectivity index (χ1) is 9.52. The fraction of sp³-hybridized carbons (Fsp3) is 0.714. The van der Waals surface area contributed by atoms with Crippen LogP contribution in [0.5, 0.6) is 0 Å². The van der Waals surface area contributed by atoms with Crippen molar-refractivity contribution in [3.8, 4) is 0 Å². The highest BCUT2D eigenvalue weighted by molar-refractivity contribution is 5.74. The largest absolute Gasteiger partial charge is 0.334 e. The number of aryl methyl sites for hydroxylation is 1. The summed E-state index contributed by atoms with van der Waals surface area (Å²) in [6, 6.07) is 0.503. The summed E-state index contributed by atoms with van der Waals surface area (Å²) in [5.74, 6) is 0. The summed E-state index contributed by atoms with van der Waals surface area (Å²) >= 11 is 0. The van der Waals surface area contributed by atoms with Gasteiger partial charge in [-0.05, 0) is 34.4 Å². The molecule has 20 heavy (non-hydrogen) atoms. The molecular formula is C14H25N5O. The number of carbonyl (C=O) groups is 1. The molecule has 0 saturated carbocycles. The maximum atomic E-state index is 12.1. The van der Waals surface area contributed by atoms with Gasteiger partial charge in [-0.1, -0.05) is 0 Å². The number of likely N-dealkylation sites (N-methyl/N-ethyl adjacent to an activating group) is 1. The average Bonchev–Trinajstić information content (AvgIpc) is 3.03. The molecular weight excluding hydrogens is 254 g/mol. The van der Waals surface area contributed by atoms with Gasteiger partial charge in [0.2, 0.25) is 0 Å². The number of nitrogens with zero attached hydrogens (tertiary/aromatic N) is 4. The van der Waals surface area contributed by atoms with E-state index in [0.29, 0.717) is 12.6 Å². The topological polar surface area (TPSA) is 53.4 Å². The summed E-state index contributed by atoms with van der Waals surface area (Å²) < 4.78 is 1.94. The SMILES string of the molecule is CCn1ncc(CNC(=O)N2CC[C@H](N(C)C)C2)c1C. The van der Waals surface area contributed by atoms with Gasteiger partial charge in [-0.15, -0.1) is 0 Å². The van der Waals surface area contributed by atoms with Crippen molar-refractivity contribution in [1.82, 2.24) is 24.9 Å². The molecule has 2 heterocycles. The molecule has 0 unspecified atom stereocenters. The Bertz CT molecular complexity index is 468. The van der Waals surface area contributed by atoms with Gasteiger partial charge in [0.1, 0.15) is 0 Å². The van der Waals surface area contributed by atoms with Crippen LogP contribution in [-0.4, -0.2) is 58.8 Å². The lowest BCUT2D eigenvalue weighted by Crippen LogP contribution is -2.40. The van der Waals surface area contributed by atoms with E-state index in [4.69, 9.17) is 0 Å². The van der Waals surface area contributed by atoms with Gasteiger partial charge in [0.05, 0.1) is 6.20 Å². The molecule has 1 aliphatic heterocycles. The molecule has 6 nitrogen and oxygen atoms in total. The Hall–Kier alpha value is -1.56. The van der Waals surface area contributed by atoms with E-state index < -0.39 is 0 Å². The van der Waals surface area contributed by atoms with Crippen molar-refractivity contribution in [2.75, 3.05) is 27.2 Å². The van der Waals surface area contributed by atoms with Crippen LogP contribution in [0.3, 0.4) is 0 Å². The van der Waals surface area contributed by atoms with Crippen molar-refractivity contribution in [3.63, 3.8) is 0 Å².